The van der Waals surface area contributed by atoms with E-state index in [0.717, 1.165) is 0 Å². The summed E-state index contributed by atoms with van der Waals surface area (Å²) in [4.78, 5) is 41.0. The number of rotatable bonds is 22. The van der Waals surface area contributed by atoms with Crippen LogP contribution in [-0.4, -0.2) is 88.9 Å². The number of carbonyl (C=O) groups is 1. The van der Waals surface area contributed by atoms with Crippen molar-refractivity contribution in [3.8, 4) is 5.75 Å². The topological polar surface area (TPSA) is 210 Å². The molecule has 242 valence electrons. The van der Waals surface area contributed by atoms with Gasteiger partial charge in [0.1, 0.15) is 38.3 Å². The summed E-state index contributed by atoms with van der Waals surface area (Å²) in [6, 6.07) is 6.87. The first kappa shape index (κ1) is 36.0. The molecule has 0 radical (unpaired) electrons. The van der Waals surface area contributed by atoms with Crippen molar-refractivity contribution in [1.29, 1.82) is 0 Å². The van der Waals surface area contributed by atoms with Crippen LogP contribution in [0.4, 0.5) is 0 Å². The van der Waals surface area contributed by atoms with Gasteiger partial charge in [0.25, 0.3) is 10.2 Å². The number of hydrogen-bond acceptors (Lipinski definition) is 13. The number of aliphatic hydroxyl groups is 3. The third kappa shape index (κ3) is 15.2. The molecule has 43 heavy (non-hydrogen) atoms. The van der Waals surface area contributed by atoms with Gasteiger partial charge in [0.2, 0.25) is 0 Å². The minimum atomic E-state index is -1.03. The van der Waals surface area contributed by atoms with E-state index >= 15 is 0 Å². The Morgan fingerprint density at radius 3 is 2.51 bits per heavy atom. The molecule has 2 rings (SSSR count). The largest absolute Gasteiger partial charge is 0.491 e. The first-order valence-corrected chi connectivity index (χ1v) is 14.3. The number of nitrogens with zero attached hydrogens (tertiary/aromatic N) is 2. The van der Waals surface area contributed by atoms with E-state index in [1.54, 1.807) is 24.3 Å². The Bertz CT molecular complexity index is 1030. The summed E-state index contributed by atoms with van der Waals surface area (Å²) in [5, 5.41) is 50.4. The molecule has 1 unspecified atom stereocenters. The van der Waals surface area contributed by atoms with Crippen LogP contribution >= 0.6 is 11.6 Å². The van der Waals surface area contributed by atoms with Gasteiger partial charge >= 0.3 is 5.97 Å². The molecule has 0 bridgehead atoms. The molecular weight excluding hydrogens is 596 g/mol. The molecule has 6 atom stereocenters. The van der Waals surface area contributed by atoms with Gasteiger partial charge < -0.3 is 39.2 Å². The highest BCUT2D eigenvalue weighted by Crippen LogP contribution is 2.38. The quantitative estimate of drug-likeness (QED) is 0.0551. The molecule has 0 aromatic heterocycles. The van der Waals surface area contributed by atoms with Crippen molar-refractivity contribution in [2.75, 3.05) is 33.0 Å². The average Bonchev–Trinajstić information content (AvgIpc) is 3.22. The van der Waals surface area contributed by atoms with E-state index in [1.807, 2.05) is 12.2 Å². The third-order valence-corrected chi connectivity index (χ3v) is 7.08. The molecule has 1 aliphatic rings. The maximum absolute atomic E-state index is 12.1. The van der Waals surface area contributed by atoms with Crippen molar-refractivity contribution in [3.05, 3.63) is 61.7 Å². The Morgan fingerprint density at radius 2 is 1.79 bits per heavy atom. The van der Waals surface area contributed by atoms with Gasteiger partial charge in [-0.15, -0.1) is 20.2 Å². The molecule has 0 heterocycles. The van der Waals surface area contributed by atoms with Crippen molar-refractivity contribution in [2.24, 2.45) is 11.8 Å². The van der Waals surface area contributed by atoms with Crippen molar-refractivity contribution in [1.82, 2.24) is 0 Å². The minimum Gasteiger partial charge on any atom is -0.491 e. The lowest BCUT2D eigenvalue weighted by molar-refractivity contribution is -0.760. The van der Waals surface area contributed by atoms with E-state index in [9.17, 15) is 40.3 Å². The number of aliphatic hydroxyl groups excluding tert-OH is 3. The average molecular weight is 635 g/mol. The molecule has 3 N–H and O–H groups in total. The van der Waals surface area contributed by atoms with Gasteiger partial charge in [-0.25, -0.2) is 0 Å². The van der Waals surface area contributed by atoms with Crippen LogP contribution in [-0.2, 0) is 23.9 Å². The number of carbonyl (C=O) groups excluding carboxylic acids is 1. The number of esters is 1. The first-order valence-electron chi connectivity index (χ1n) is 13.9. The zero-order valence-electron chi connectivity index (χ0n) is 23.6. The maximum Gasteiger partial charge on any atom is 0.305 e. The van der Waals surface area contributed by atoms with Crippen LogP contribution in [0.5, 0.6) is 5.75 Å². The molecule has 0 saturated heterocycles. The van der Waals surface area contributed by atoms with Crippen LogP contribution < -0.4 is 4.74 Å². The van der Waals surface area contributed by atoms with Crippen LogP contribution in [0.3, 0.4) is 0 Å². The van der Waals surface area contributed by atoms with Gasteiger partial charge in [-0.3, -0.25) is 4.79 Å². The summed E-state index contributed by atoms with van der Waals surface area (Å²) in [6.07, 6.45) is 3.46. The van der Waals surface area contributed by atoms with Gasteiger partial charge in [0, 0.05) is 11.4 Å². The van der Waals surface area contributed by atoms with E-state index in [1.165, 1.54) is 0 Å². The number of halogens is 1. The van der Waals surface area contributed by atoms with Crippen LogP contribution in [0.2, 0.25) is 5.02 Å². The Kier molecular flexibility index (Phi) is 16.6. The van der Waals surface area contributed by atoms with Crippen LogP contribution in [0, 0.1) is 32.1 Å². The third-order valence-electron chi connectivity index (χ3n) is 6.85. The van der Waals surface area contributed by atoms with E-state index in [0.29, 0.717) is 42.9 Å². The van der Waals surface area contributed by atoms with Crippen LogP contribution in [0.25, 0.3) is 0 Å². The second-order valence-electron chi connectivity index (χ2n) is 10.0. The Hall–Kier alpha value is -3.24. The molecule has 1 saturated carbocycles. The summed E-state index contributed by atoms with van der Waals surface area (Å²) < 4.78 is 15.8. The smallest absolute Gasteiger partial charge is 0.305 e. The summed E-state index contributed by atoms with van der Waals surface area (Å²) in [5.41, 5.74) is 0. The highest BCUT2D eigenvalue weighted by atomic mass is 35.5. The van der Waals surface area contributed by atoms with Crippen molar-refractivity contribution < 1.29 is 54.2 Å². The molecule has 16 heteroatoms. The summed E-state index contributed by atoms with van der Waals surface area (Å²) >= 11 is 5.94. The molecule has 0 amide bonds. The fraction of sp³-hybridized carbons (Fsp3) is 0.667. The van der Waals surface area contributed by atoms with Crippen molar-refractivity contribution >= 4 is 17.6 Å². The SMILES string of the molecule is O=C(CCC/C=C\C[C@@H]1[C@@H](CC[C@@H](O)COc2cccc(Cl)c2)[C@H](O)C[C@@H]1O)OCC(CO[N+](=O)[O-])OCCO[N+](=O)[O-]. The second kappa shape index (κ2) is 19.9. The normalized spacial score (nSPS) is 21.3. The Balaban J connectivity index is 1.67. The zero-order valence-corrected chi connectivity index (χ0v) is 24.4. The van der Waals surface area contributed by atoms with E-state index in [4.69, 9.17) is 25.8 Å². The van der Waals surface area contributed by atoms with Crippen LogP contribution in [0.15, 0.2) is 36.4 Å². The Labute approximate surface area is 253 Å². The van der Waals surface area contributed by atoms with E-state index in [-0.39, 0.29) is 44.5 Å². The lowest BCUT2D eigenvalue weighted by Gasteiger charge is -2.23. The van der Waals surface area contributed by atoms with Gasteiger partial charge in [0.15, 0.2) is 0 Å². The molecular formula is C27H39ClN2O13. The molecule has 1 aromatic rings. The Morgan fingerprint density at radius 1 is 1.05 bits per heavy atom. The van der Waals surface area contributed by atoms with Crippen LogP contribution in [0.1, 0.15) is 44.9 Å². The zero-order chi connectivity index (χ0) is 31.6. The number of ether oxygens (including phenoxy) is 3. The van der Waals surface area contributed by atoms with Gasteiger partial charge in [-0.05, 0) is 68.6 Å². The van der Waals surface area contributed by atoms with E-state index < -0.39 is 53.8 Å². The highest BCUT2D eigenvalue weighted by molar-refractivity contribution is 6.30. The summed E-state index contributed by atoms with van der Waals surface area (Å²) in [5.74, 6) is -0.364. The lowest BCUT2D eigenvalue weighted by atomic mass is 9.86. The fourth-order valence-corrected chi connectivity index (χ4v) is 4.91. The molecule has 1 aromatic carbocycles. The van der Waals surface area contributed by atoms with Gasteiger partial charge in [0.05, 0.1) is 24.9 Å². The summed E-state index contributed by atoms with van der Waals surface area (Å²) in [6.45, 7) is -1.45. The molecule has 0 spiro atoms. The standard InChI is InChI=1S/C27H39ClN2O13/c28-19-6-5-7-21(14-19)40-16-20(31)10-11-24-23(25(32)15-26(24)33)8-3-1-2-4-9-27(34)41-17-22(18-43-30(37)38)39-12-13-42-29(35)36/h1,3,5-7,14,20,22-26,31-33H,2,4,8-13,15-18H2/b3-1-/t20-,22?,23-,24-,25+,26-/m1/s1. The number of benzene rings is 1. The monoisotopic (exact) mass is 634 g/mol. The number of allylic oxidation sites excluding steroid dienone is 2. The first-order chi connectivity index (χ1) is 20.5. The molecule has 1 aliphatic carbocycles. The fourth-order valence-electron chi connectivity index (χ4n) is 4.73. The predicted octanol–water partition coefficient (Wildman–Crippen LogP) is 2.68. The second-order valence-corrected chi connectivity index (χ2v) is 10.5. The van der Waals surface area contributed by atoms with E-state index in [2.05, 4.69) is 9.68 Å². The molecule has 0 aliphatic heterocycles. The highest BCUT2D eigenvalue weighted by Gasteiger charge is 2.40. The number of unbranched alkanes of at least 4 members (excludes halogenated alkanes) is 1. The van der Waals surface area contributed by atoms with Gasteiger partial charge in [-0.1, -0.05) is 29.8 Å². The predicted molar refractivity (Wildman–Crippen MR) is 150 cm³/mol. The van der Waals surface area contributed by atoms with Crippen molar-refractivity contribution in [3.63, 3.8) is 0 Å². The maximum atomic E-state index is 12.1. The minimum absolute atomic E-state index is 0.0696. The molecule has 15 nitrogen and oxygen atoms in total. The lowest BCUT2D eigenvalue weighted by Crippen LogP contribution is -2.29. The molecule has 1 fully saturated rings. The summed E-state index contributed by atoms with van der Waals surface area (Å²) in [7, 11) is 0. The number of hydrogen-bond donors (Lipinski definition) is 3. The van der Waals surface area contributed by atoms with Crippen molar-refractivity contribution in [2.45, 2.75) is 69.4 Å². The van der Waals surface area contributed by atoms with Gasteiger partial charge in [-0.2, -0.15) is 0 Å².